The molecule has 0 aliphatic carbocycles. The Morgan fingerprint density at radius 2 is 2.28 bits per heavy atom. The van der Waals surface area contributed by atoms with Crippen LogP contribution in [0.5, 0.6) is 5.75 Å². The lowest BCUT2D eigenvalue weighted by molar-refractivity contribution is -0.384. The van der Waals surface area contributed by atoms with Gasteiger partial charge in [-0.25, -0.2) is 4.68 Å². The molecule has 2 heterocycles. The minimum absolute atomic E-state index is 0.149. The summed E-state index contributed by atoms with van der Waals surface area (Å²) in [6, 6.07) is 3.02. The van der Waals surface area contributed by atoms with E-state index in [0.717, 1.165) is 0 Å². The number of carbonyl (C=O) groups excluding carboxylic acids is 2. The Morgan fingerprint density at radius 3 is 2.96 bits per heavy atom. The van der Waals surface area contributed by atoms with Gasteiger partial charge >= 0.3 is 0 Å². The van der Waals surface area contributed by atoms with Crippen molar-refractivity contribution in [1.82, 2.24) is 14.8 Å². The Morgan fingerprint density at radius 1 is 1.52 bits per heavy atom. The fourth-order valence-corrected chi connectivity index (χ4v) is 2.49. The molecule has 1 aliphatic rings. The summed E-state index contributed by atoms with van der Waals surface area (Å²) in [6.45, 7) is 1.68. The first kappa shape index (κ1) is 16.4. The molecule has 1 aliphatic heterocycles. The molecule has 2 amide bonds. The van der Waals surface area contributed by atoms with Crippen LogP contribution in [-0.2, 0) is 9.59 Å². The van der Waals surface area contributed by atoms with Crippen LogP contribution in [0.1, 0.15) is 18.3 Å². The van der Waals surface area contributed by atoms with Crippen molar-refractivity contribution in [1.29, 1.82) is 0 Å². The van der Waals surface area contributed by atoms with Gasteiger partial charge in [0.1, 0.15) is 17.6 Å². The second-order valence-electron chi connectivity index (χ2n) is 5.33. The molecule has 2 N–H and O–H groups in total. The number of carbonyl (C=O) groups is 2. The van der Waals surface area contributed by atoms with Crippen LogP contribution in [0.15, 0.2) is 18.2 Å². The Balaban J connectivity index is 1.75. The highest BCUT2D eigenvalue weighted by molar-refractivity contribution is 6.01. The average Bonchev–Trinajstić information content (AvgIpc) is 3.04. The zero-order valence-corrected chi connectivity index (χ0v) is 13.3. The van der Waals surface area contributed by atoms with Crippen LogP contribution in [-0.4, -0.2) is 38.6 Å². The number of benzene rings is 1. The van der Waals surface area contributed by atoms with Gasteiger partial charge in [0.25, 0.3) is 11.6 Å². The summed E-state index contributed by atoms with van der Waals surface area (Å²) in [4.78, 5) is 38.5. The van der Waals surface area contributed by atoms with Crippen LogP contribution in [0, 0.1) is 17.0 Å². The number of hydrogen-bond donors (Lipinski definition) is 2. The van der Waals surface area contributed by atoms with E-state index in [1.807, 2.05) is 0 Å². The molecule has 1 unspecified atom stereocenters. The van der Waals surface area contributed by atoms with Crippen molar-refractivity contribution in [3.8, 4) is 5.75 Å². The van der Waals surface area contributed by atoms with E-state index >= 15 is 0 Å². The highest BCUT2D eigenvalue weighted by atomic mass is 16.6. The summed E-state index contributed by atoms with van der Waals surface area (Å²) in [5.74, 6) is 0.0931. The lowest BCUT2D eigenvalue weighted by Gasteiger charge is -2.12. The summed E-state index contributed by atoms with van der Waals surface area (Å²) in [5.41, 5.74) is 0.110. The first-order valence-corrected chi connectivity index (χ1v) is 7.25. The molecule has 0 saturated carbocycles. The fourth-order valence-electron chi connectivity index (χ4n) is 2.49. The Bertz CT molecular complexity index is 877. The number of hydrogen-bond acceptors (Lipinski definition) is 7. The minimum Gasteiger partial charge on any atom is -0.494 e. The summed E-state index contributed by atoms with van der Waals surface area (Å²) in [7, 11) is 1.34. The van der Waals surface area contributed by atoms with E-state index in [1.54, 1.807) is 6.92 Å². The first-order chi connectivity index (χ1) is 11.9. The van der Waals surface area contributed by atoms with E-state index in [-0.39, 0.29) is 29.5 Å². The molecule has 0 bridgehead atoms. The molecule has 11 nitrogen and oxygen atoms in total. The number of ether oxygens (including phenoxy) is 1. The quantitative estimate of drug-likeness (QED) is 0.608. The van der Waals surface area contributed by atoms with Crippen molar-refractivity contribution < 1.29 is 19.2 Å². The van der Waals surface area contributed by atoms with Crippen LogP contribution < -0.4 is 15.4 Å². The first-order valence-electron chi connectivity index (χ1n) is 7.25. The molecule has 130 valence electrons. The van der Waals surface area contributed by atoms with E-state index in [4.69, 9.17) is 4.74 Å². The number of amides is 2. The molecular formula is C14H14N6O5. The van der Waals surface area contributed by atoms with Crippen molar-refractivity contribution >= 4 is 29.1 Å². The number of rotatable bonds is 5. The second kappa shape index (κ2) is 6.19. The van der Waals surface area contributed by atoms with E-state index in [9.17, 15) is 19.7 Å². The van der Waals surface area contributed by atoms with Crippen molar-refractivity contribution in [2.24, 2.45) is 0 Å². The maximum absolute atomic E-state index is 12.3. The lowest BCUT2D eigenvalue weighted by Crippen LogP contribution is -2.24. The Hall–Kier alpha value is -3.50. The van der Waals surface area contributed by atoms with Crippen molar-refractivity contribution in [3.05, 3.63) is 34.1 Å². The number of anilines is 2. The van der Waals surface area contributed by atoms with E-state index in [2.05, 4.69) is 20.7 Å². The molecule has 3 rings (SSSR count). The monoisotopic (exact) mass is 346 g/mol. The number of nitrogens with zero attached hydrogens (tertiary/aromatic N) is 4. The van der Waals surface area contributed by atoms with Crippen LogP contribution in [0.25, 0.3) is 0 Å². The summed E-state index contributed by atoms with van der Waals surface area (Å²) in [5, 5.41) is 20.0. The van der Waals surface area contributed by atoms with Crippen LogP contribution in [0.2, 0.25) is 0 Å². The summed E-state index contributed by atoms with van der Waals surface area (Å²) >= 11 is 0. The van der Waals surface area contributed by atoms with Gasteiger partial charge in [0.15, 0.2) is 0 Å². The van der Waals surface area contributed by atoms with Crippen LogP contribution in [0.4, 0.5) is 17.3 Å². The number of nitro groups is 1. The molecule has 2 aromatic rings. The third-order valence-corrected chi connectivity index (χ3v) is 3.62. The number of fused-ring (bicyclic) bond motifs is 1. The number of nitrogens with one attached hydrogen (secondary N) is 2. The highest BCUT2D eigenvalue weighted by Crippen LogP contribution is 2.30. The van der Waals surface area contributed by atoms with Gasteiger partial charge in [-0.2, -0.15) is 10.1 Å². The molecule has 0 spiro atoms. The van der Waals surface area contributed by atoms with Gasteiger partial charge in [0.2, 0.25) is 11.9 Å². The van der Waals surface area contributed by atoms with Gasteiger partial charge in [-0.3, -0.25) is 25.0 Å². The number of non-ortho nitro benzene ring substituents is 1. The number of methoxy groups -OCH3 is 1. The third kappa shape index (κ3) is 3.11. The normalized spacial score (nSPS) is 15.4. The SMILES string of the molecule is COc1cc([N+](=O)[O-])ccc1NC(=O)CC1C(=O)Nc2nc(C)nn21. The van der Waals surface area contributed by atoms with Gasteiger partial charge in [-0.1, -0.05) is 0 Å². The summed E-state index contributed by atoms with van der Waals surface area (Å²) in [6.07, 6.45) is -0.165. The van der Waals surface area contributed by atoms with Gasteiger partial charge < -0.3 is 10.1 Å². The molecule has 1 aromatic carbocycles. The van der Waals surface area contributed by atoms with Crippen LogP contribution in [0.3, 0.4) is 0 Å². The molecule has 1 atom stereocenters. The molecule has 0 fully saturated rings. The Labute approximate surface area is 141 Å². The van der Waals surface area contributed by atoms with E-state index in [0.29, 0.717) is 11.8 Å². The molecular weight excluding hydrogens is 332 g/mol. The average molecular weight is 346 g/mol. The lowest BCUT2D eigenvalue weighted by atomic mass is 10.2. The molecule has 25 heavy (non-hydrogen) atoms. The topological polar surface area (TPSA) is 141 Å². The van der Waals surface area contributed by atoms with E-state index < -0.39 is 16.9 Å². The van der Waals surface area contributed by atoms with Gasteiger partial charge in [0.05, 0.1) is 30.2 Å². The smallest absolute Gasteiger partial charge is 0.273 e. The predicted octanol–water partition coefficient (Wildman–Crippen LogP) is 1.03. The fraction of sp³-hybridized carbons (Fsp3) is 0.286. The third-order valence-electron chi connectivity index (χ3n) is 3.62. The predicted molar refractivity (Wildman–Crippen MR) is 85.3 cm³/mol. The number of aromatic nitrogens is 3. The zero-order valence-electron chi connectivity index (χ0n) is 13.3. The van der Waals surface area contributed by atoms with Crippen molar-refractivity contribution in [2.45, 2.75) is 19.4 Å². The molecule has 1 aromatic heterocycles. The summed E-state index contributed by atoms with van der Waals surface area (Å²) < 4.78 is 6.43. The number of aryl methyl sites for hydroxylation is 1. The van der Waals surface area contributed by atoms with Crippen molar-refractivity contribution in [3.63, 3.8) is 0 Å². The largest absolute Gasteiger partial charge is 0.494 e. The highest BCUT2D eigenvalue weighted by Gasteiger charge is 2.34. The molecule has 0 saturated heterocycles. The second-order valence-corrected chi connectivity index (χ2v) is 5.33. The molecule has 11 heteroatoms. The van der Waals surface area contributed by atoms with Gasteiger partial charge in [-0.05, 0) is 13.0 Å². The number of nitro benzene ring substituents is 1. The van der Waals surface area contributed by atoms with E-state index in [1.165, 1.54) is 30.0 Å². The standard InChI is InChI=1S/C14H14N6O5/c1-7-15-14-17-13(22)10(19(14)18-7)6-12(21)16-9-4-3-8(20(23)24)5-11(9)25-2/h3-5,10H,6H2,1-2H3,(H,16,21)(H,15,17,18,22). The zero-order chi connectivity index (χ0) is 18.1. The molecule has 0 radical (unpaired) electrons. The minimum atomic E-state index is -0.805. The van der Waals surface area contributed by atoms with Gasteiger partial charge in [0, 0.05) is 6.07 Å². The van der Waals surface area contributed by atoms with Crippen molar-refractivity contribution in [2.75, 3.05) is 17.7 Å². The maximum Gasteiger partial charge on any atom is 0.273 e. The van der Waals surface area contributed by atoms with Gasteiger partial charge in [-0.15, -0.1) is 0 Å². The van der Waals surface area contributed by atoms with Crippen LogP contribution >= 0.6 is 0 Å². The maximum atomic E-state index is 12.3. The Kier molecular flexibility index (Phi) is 4.05.